The maximum Gasteiger partial charge on any atom is 0.0769 e. The second kappa shape index (κ2) is 4.37. The Morgan fingerprint density at radius 3 is 2.94 bits per heavy atom. The first kappa shape index (κ1) is 11.7. The summed E-state index contributed by atoms with van der Waals surface area (Å²) in [5.74, 6) is 0.573. The number of benzene rings is 1. The first-order chi connectivity index (χ1) is 8.70. The molecule has 0 spiro atoms. The Balaban J connectivity index is 2.32. The van der Waals surface area contributed by atoms with Crippen molar-refractivity contribution in [2.45, 2.75) is 26.3 Å². The number of rotatable bonds is 3. The van der Waals surface area contributed by atoms with Gasteiger partial charge in [0.1, 0.15) is 0 Å². The molecule has 0 saturated heterocycles. The van der Waals surface area contributed by atoms with Gasteiger partial charge in [-0.05, 0) is 24.1 Å². The van der Waals surface area contributed by atoms with E-state index in [1.165, 1.54) is 25.9 Å². The van der Waals surface area contributed by atoms with Crippen molar-refractivity contribution >= 4 is 32.3 Å². The molecule has 3 rings (SSSR count). The number of hydrogen-bond donors (Lipinski definition) is 1. The molecular weight excluding hydrogens is 242 g/mol. The van der Waals surface area contributed by atoms with E-state index in [1.807, 2.05) is 22.2 Å². The van der Waals surface area contributed by atoms with Crippen LogP contribution < -0.4 is 5.73 Å². The van der Waals surface area contributed by atoms with Crippen molar-refractivity contribution < 1.29 is 0 Å². The SMILES string of the molecule is CC(C)c1cc2c(ccc3cnn(CCN)c32)s1. The first-order valence-corrected chi connectivity index (χ1v) is 7.10. The Morgan fingerprint density at radius 1 is 1.39 bits per heavy atom. The van der Waals surface area contributed by atoms with Gasteiger partial charge in [-0.3, -0.25) is 4.68 Å². The Morgan fingerprint density at radius 2 is 2.22 bits per heavy atom. The zero-order valence-corrected chi connectivity index (χ0v) is 11.5. The number of hydrogen-bond acceptors (Lipinski definition) is 3. The van der Waals surface area contributed by atoms with Crippen LogP contribution in [0.5, 0.6) is 0 Å². The second-order valence-corrected chi connectivity index (χ2v) is 5.99. The van der Waals surface area contributed by atoms with Crippen molar-refractivity contribution in [1.82, 2.24) is 9.78 Å². The molecule has 0 aliphatic heterocycles. The van der Waals surface area contributed by atoms with Crippen LogP contribution in [-0.2, 0) is 6.54 Å². The van der Waals surface area contributed by atoms with Gasteiger partial charge in [-0.25, -0.2) is 0 Å². The van der Waals surface area contributed by atoms with Crippen LogP contribution in [0.4, 0.5) is 0 Å². The van der Waals surface area contributed by atoms with Gasteiger partial charge < -0.3 is 5.73 Å². The van der Waals surface area contributed by atoms with E-state index in [0.717, 1.165) is 6.54 Å². The van der Waals surface area contributed by atoms with E-state index in [2.05, 4.69) is 37.1 Å². The normalized spacial score (nSPS) is 12.0. The predicted octanol–water partition coefficient (Wildman–Crippen LogP) is 3.33. The fraction of sp³-hybridized carbons (Fsp3) is 0.357. The molecule has 2 N–H and O–H groups in total. The zero-order chi connectivity index (χ0) is 12.7. The van der Waals surface area contributed by atoms with Gasteiger partial charge in [-0.2, -0.15) is 5.10 Å². The quantitative estimate of drug-likeness (QED) is 0.784. The van der Waals surface area contributed by atoms with Gasteiger partial charge in [0.15, 0.2) is 0 Å². The molecule has 3 nitrogen and oxygen atoms in total. The van der Waals surface area contributed by atoms with Crippen molar-refractivity contribution in [3.63, 3.8) is 0 Å². The molecule has 18 heavy (non-hydrogen) atoms. The summed E-state index contributed by atoms with van der Waals surface area (Å²) in [6.45, 7) is 5.86. The van der Waals surface area contributed by atoms with E-state index < -0.39 is 0 Å². The minimum absolute atomic E-state index is 0.573. The number of nitrogens with zero attached hydrogens (tertiary/aromatic N) is 2. The van der Waals surface area contributed by atoms with Gasteiger partial charge >= 0.3 is 0 Å². The van der Waals surface area contributed by atoms with Gasteiger partial charge in [0, 0.05) is 26.9 Å². The van der Waals surface area contributed by atoms with E-state index in [0.29, 0.717) is 12.5 Å². The topological polar surface area (TPSA) is 43.8 Å². The number of thiophene rings is 1. The van der Waals surface area contributed by atoms with Gasteiger partial charge in [0.2, 0.25) is 0 Å². The highest BCUT2D eigenvalue weighted by molar-refractivity contribution is 7.19. The summed E-state index contributed by atoms with van der Waals surface area (Å²) in [5.41, 5.74) is 6.87. The van der Waals surface area contributed by atoms with Crippen molar-refractivity contribution in [1.29, 1.82) is 0 Å². The Bertz CT molecular complexity index is 694. The molecular formula is C14H17N3S. The van der Waals surface area contributed by atoms with Crippen molar-refractivity contribution in [2.24, 2.45) is 5.73 Å². The average molecular weight is 259 g/mol. The summed E-state index contributed by atoms with van der Waals surface area (Å²) in [5, 5.41) is 6.94. The standard InChI is InChI=1S/C14H17N3S/c1-9(2)13-7-11-12(18-13)4-3-10-8-16-17(6-5-15)14(10)11/h3-4,7-9H,5-6,15H2,1-2H3. The summed E-state index contributed by atoms with van der Waals surface area (Å²) < 4.78 is 3.36. The van der Waals surface area contributed by atoms with Crippen LogP contribution in [0.2, 0.25) is 0 Å². The largest absolute Gasteiger partial charge is 0.329 e. The molecule has 0 fully saturated rings. The average Bonchev–Trinajstić information content (AvgIpc) is 2.92. The molecule has 3 aromatic rings. The molecule has 0 aliphatic carbocycles. The summed E-state index contributed by atoms with van der Waals surface area (Å²) in [6, 6.07) is 6.66. The Kier molecular flexibility index (Phi) is 2.84. The lowest BCUT2D eigenvalue weighted by molar-refractivity contribution is 0.647. The molecule has 0 radical (unpaired) electrons. The number of nitrogens with two attached hydrogens (primary N) is 1. The number of aromatic nitrogens is 2. The van der Waals surface area contributed by atoms with Crippen molar-refractivity contribution in [3.05, 3.63) is 29.3 Å². The molecule has 0 bridgehead atoms. The van der Waals surface area contributed by atoms with Gasteiger partial charge in [-0.15, -0.1) is 11.3 Å². The van der Waals surface area contributed by atoms with Gasteiger partial charge in [0.25, 0.3) is 0 Å². The van der Waals surface area contributed by atoms with Gasteiger partial charge in [-0.1, -0.05) is 13.8 Å². The molecule has 4 heteroatoms. The smallest absolute Gasteiger partial charge is 0.0769 e. The lowest BCUT2D eigenvalue weighted by Crippen LogP contribution is -2.10. The molecule has 94 valence electrons. The van der Waals surface area contributed by atoms with Crippen molar-refractivity contribution in [3.8, 4) is 0 Å². The lowest BCUT2D eigenvalue weighted by atomic mass is 10.1. The predicted molar refractivity (Wildman–Crippen MR) is 78.3 cm³/mol. The minimum Gasteiger partial charge on any atom is -0.329 e. The maximum atomic E-state index is 5.65. The van der Waals surface area contributed by atoms with E-state index in [9.17, 15) is 0 Å². The van der Waals surface area contributed by atoms with Crippen LogP contribution in [0.1, 0.15) is 24.6 Å². The van der Waals surface area contributed by atoms with Crippen LogP contribution in [0.15, 0.2) is 24.4 Å². The molecule has 0 unspecified atom stereocenters. The van der Waals surface area contributed by atoms with E-state index in [-0.39, 0.29) is 0 Å². The zero-order valence-electron chi connectivity index (χ0n) is 10.7. The highest BCUT2D eigenvalue weighted by Crippen LogP contribution is 2.35. The third-order valence-corrected chi connectivity index (χ3v) is 4.63. The lowest BCUT2D eigenvalue weighted by Gasteiger charge is -2.01. The number of fused-ring (bicyclic) bond motifs is 3. The summed E-state index contributed by atoms with van der Waals surface area (Å²) in [4.78, 5) is 1.43. The van der Waals surface area contributed by atoms with Crippen molar-refractivity contribution in [2.75, 3.05) is 6.54 Å². The molecule has 2 aromatic heterocycles. The fourth-order valence-electron chi connectivity index (χ4n) is 2.29. The van der Waals surface area contributed by atoms with Crippen LogP contribution in [-0.4, -0.2) is 16.3 Å². The molecule has 2 heterocycles. The maximum absolute atomic E-state index is 5.65. The van der Waals surface area contributed by atoms with Crippen LogP contribution in [0, 0.1) is 0 Å². The monoisotopic (exact) mass is 259 g/mol. The minimum atomic E-state index is 0.573. The van der Waals surface area contributed by atoms with E-state index in [4.69, 9.17) is 5.73 Å². The second-order valence-electron chi connectivity index (χ2n) is 4.88. The summed E-state index contributed by atoms with van der Waals surface area (Å²) >= 11 is 1.88. The van der Waals surface area contributed by atoms with Crippen LogP contribution >= 0.6 is 11.3 Å². The molecule has 0 amide bonds. The molecule has 0 aliphatic rings. The molecule has 0 atom stereocenters. The Hall–Kier alpha value is -1.39. The first-order valence-electron chi connectivity index (χ1n) is 6.28. The highest BCUT2D eigenvalue weighted by atomic mass is 32.1. The summed E-state index contributed by atoms with van der Waals surface area (Å²) in [6.07, 6.45) is 1.93. The summed E-state index contributed by atoms with van der Waals surface area (Å²) in [7, 11) is 0. The third kappa shape index (κ3) is 1.72. The van der Waals surface area contributed by atoms with E-state index in [1.54, 1.807) is 0 Å². The third-order valence-electron chi connectivity index (χ3n) is 3.23. The van der Waals surface area contributed by atoms with Crippen LogP contribution in [0.25, 0.3) is 21.0 Å². The van der Waals surface area contributed by atoms with Crippen LogP contribution in [0.3, 0.4) is 0 Å². The molecule has 1 aromatic carbocycles. The Labute approximate surface area is 110 Å². The highest BCUT2D eigenvalue weighted by Gasteiger charge is 2.11. The fourth-order valence-corrected chi connectivity index (χ4v) is 3.36. The molecule has 0 saturated carbocycles. The van der Waals surface area contributed by atoms with Gasteiger partial charge in [0.05, 0.1) is 18.3 Å². The van der Waals surface area contributed by atoms with E-state index >= 15 is 0 Å².